The molecule has 2 rings (SSSR count). The first kappa shape index (κ1) is 12.4. The van der Waals surface area contributed by atoms with Gasteiger partial charge in [-0.2, -0.15) is 0 Å². The van der Waals surface area contributed by atoms with Crippen LogP contribution >= 0.6 is 0 Å². The molecule has 0 bridgehead atoms. The Bertz CT molecular complexity index is 514. The zero-order chi connectivity index (χ0) is 12.8. The van der Waals surface area contributed by atoms with Crippen molar-refractivity contribution in [2.75, 3.05) is 11.9 Å². The summed E-state index contributed by atoms with van der Waals surface area (Å²) in [5, 5.41) is 3.24. The van der Waals surface area contributed by atoms with Crippen molar-refractivity contribution in [1.82, 2.24) is 4.98 Å². The molecule has 94 valence electrons. The molecule has 0 saturated heterocycles. The van der Waals surface area contributed by atoms with Crippen molar-refractivity contribution in [3.8, 4) is 5.75 Å². The highest BCUT2D eigenvalue weighted by Crippen LogP contribution is 2.25. The summed E-state index contributed by atoms with van der Waals surface area (Å²) in [6.07, 6.45) is 1.73. The highest BCUT2D eigenvalue weighted by molar-refractivity contribution is 5.62. The molecule has 4 nitrogen and oxygen atoms in total. The number of hydrogen-bond acceptors (Lipinski definition) is 4. The number of nitrogens with zero attached hydrogens (tertiary/aromatic N) is 1. The molecule has 2 aromatic rings. The number of nitrogens with one attached hydrogen (secondary N) is 1. The normalized spacial score (nSPS) is 10.1. The van der Waals surface area contributed by atoms with Gasteiger partial charge in [0.25, 0.3) is 0 Å². The van der Waals surface area contributed by atoms with Gasteiger partial charge in [0.2, 0.25) is 0 Å². The maximum absolute atomic E-state index is 5.62. The zero-order valence-corrected chi connectivity index (χ0v) is 10.4. The summed E-state index contributed by atoms with van der Waals surface area (Å²) in [5.74, 6) is 1.46. The van der Waals surface area contributed by atoms with Crippen molar-refractivity contribution >= 4 is 11.5 Å². The topological polar surface area (TPSA) is 60.2 Å². The summed E-state index contributed by atoms with van der Waals surface area (Å²) in [6, 6.07) is 11.7. The quantitative estimate of drug-likeness (QED) is 0.847. The van der Waals surface area contributed by atoms with Crippen LogP contribution in [0.4, 0.5) is 11.5 Å². The smallest absolute Gasteiger partial charge is 0.173 e. The molecule has 0 aliphatic heterocycles. The predicted molar refractivity (Wildman–Crippen MR) is 73.0 cm³/mol. The molecule has 0 radical (unpaired) electrons. The lowest BCUT2D eigenvalue weighted by Crippen LogP contribution is -2.01. The monoisotopic (exact) mass is 243 g/mol. The fourth-order valence-electron chi connectivity index (χ4n) is 1.67. The van der Waals surface area contributed by atoms with E-state index in [1.165, 1.54) is 0 Å². The Morgan fingerprint density at radius 3 is 2.94 bits per heavy atom. The summed E-state index contributed by atoms with van der Waals surface area (Å²) >= 11 is 0. The van der Waals surface area contributed by atoms with Gasteiger partial charge in [0, 0.05) is 18.4 Å². The Morgan fingerprint density at radius 2 is 2.17 bits per heavy atom. The number of aromatic nitrogens is 1. The minimum absolute atomic E-state index is 0.524. The van der Waals surface area contributed by atoms with Crippen LogP contribution in [0.2, 0.25) is 0 Å². The molecule has 0 unspecified atom stereocenters. The molecule has 1 aromatic carbocycles. The number of benzene rings is 1. The van der Waals surface area contributed by atoms with E-state index in [0.29, 0.717) is 19.0 Å². The minimum atomic E-state index is 0.524. The number of hydrogen-bond donors (Lipinski definition) is 2. The van der Waals surface area contributed by atoms with Crippen molar-refractivity contribution in [2.24, 2.45) is 5.73 Å². The second kappa shape index (κ2) is 6.02. The van der Waals surface area contributed by atoms with Gasteiger partial charge < -0.3 is 15.8 Å². The Morgan fingerprint density at radius 1 is 1.28 bits per heavy atom. The molecule has 0 aliphatic rings. The molecule has 0 atom stereocenters. The molecule has 0 aliphatic carbocycles. The summed E-state index contributed by atoms with van der Waals surface area (Å²) in [7, 11) is 0. The first-order chi connectivity index (χ1) is 8.83. The lowest BCUT2D eigenvalue weighted by molar-refractivity contribution is 0.341. The van der Waals surface area contributed by atoms with Gasteiger partial charge in [0.05, 0.1) is 6.61 Å². The third-order valence-electron chi connectivity index (χ3n) is 2.50. The average molecular weight is 243 g/mol. The highest BCUT2D eigenvalue weighted by atomic mass is 16.5. The Labute approximate surface area is 107 Å². The van der Waals surface area contributed by atoms with Crippen molar-refractivity contribution < 1.29 is 4.74 Å². The molecule has 3 N–H and O–H groups in total. The molecule has 1 aromatic heterocycles. The van der Waals surface area contributed by atoms with Crippen LogP contribution < -0.4 is 15.8 Å². The van der Waals surface area contributed by atoms with Crippen molar-refractivity contribution in [3.63, 3.8) is 0 Å². The summed E-state index contributed by atoms with van der Waals surface area (Å²) in [4.78, 5) is 4.28. The van der Waals surface area contributed by atoms with E-state index < -0.39 is 0 Å². The van der Waals surface area contributed by atoms with Crippen LogP contribution in [0, 0.1) is 0 Å². The first-order valence-corrected chi connectivity index (χ1v) is 5.97. The van der Waals surface area contributed by atoms with Gasteiger partial charge in [-0.3, -0.25) is 0 Å². The summed E-state index contributed by atoms with van der Waals surface area (Å²) in [6.45, 7) is 3.09. The average Bonchev–Trinajstić information content (AvgIpc) is 2.41. The van der Waals surface area contributed by atoms with E-state index in [0.717, 1.165) is 17.0 Å². The number of nitrogens with two attached hydrogens (primary N) is 1. The van der Waals surface area contributed by atoms with E-state index in [9.17, 15) is 0 Å². The lowest BCUT2D eigenvalue weighted by atomic mass is 10.2. The van der Waals surface area contributed by atoms with E-state index in [-0.39, 0.29) is 0 Å². The van der Waals surface area contributed by atoms with Crippen LogP contribution in [0.25, 0.3) is 0 Å². The predicted octanol–water partition coefficient (Wildman–Crippen LogP) is 2.68. The van der Waals surface area contributed by atoms with Crippen molar-refractivity contribution in [3.05, 3.63) is 48.2 Å². The van der Waals surface area contributed by atoms with E-state index in [2.05, 4.69) is 10.3 Å². The van der Waals surface area contributed by atoms with Gasteiger partial charge in [-0.15, -0.1) is 0 Å². The number of anilines is 2. The number of rotatable bonds is 5. The summed E-state index contributed by atoms with van der Waals surface area (Å²) < 4.78 is 5.52. The second-order valence-corrected chi connectivity index (χ2v) is 3.81. The third kappa shape index (κ3) is 2.99. The molecular weight excluding hydrogens is 226 g/mol. The van der Waals surface area contributed by atoms with E-state index in [4.69, 9.17) is 10.5 Å². The van der Waals surface area contributed by atoms with E-state index in [1.807, 2.05) is 43.3 Å². The molecule has 0 amide bonds. The van der Waals surface area contributed by atoms with Crippen LogP contribution in [0.1, 0.15) is 12.5 Å². The molecule has 0 saturated carbocycles. The second-order valence-electron chi connectivity index (χ2n) is 3.81. The van der Waals surface area contributed by atoms with Crippen LogP contribution in [0.15, 0.2) is 42.6 Å². The van der Waals surface area contributed by atoms with Crippen molar-refractivity contribution in [2.45, 2.75) is 13.5 Å². The molecule has 0 fully saturated rings. The molecular formula is C14H17N3O. The van der Waals surface area contributed by atoms with Crippen LogP contribution in [0.3, 0.4) is 0 Å². The fourth-order valence-corrected chi connectivity index (χ4v) is 1.67. The maximum atomic E-state index is 5.62. The van der Waals surface area contributed by atoms with E-state index >= 15 is 0 Å². The van der Waals surface area contributed by atoms with Gasteiger partial charge >= 0.3 is 0 Å². The van der Waals surface area contributed by atoms with Crippen LogP contribution in [0.5, 0.6) is 5.75 Å². The Hall–Kier alpha value is -2.07. The molecule has 18 heavy (non-hydrogen) atoms. The molecule has 4 heteroatoms. The Balaban J connectivity index is 2.22. The standard InChI is InChI=1S/C14H17N3O/c1-2-18-13-7-4-8-16-14(13)17-12-6-3-5-11(9-12)10-15/h3-9H,2,10,15H2,1H3,(H,16,17). The Kier molecular flexibility index (Phi) is 4.15. The lowest BCUT2D eigenvalue weighted by Gasteiger charge is -2.11. The van der Waals surface area contributed by atoms with Gasteiger partial charge in [-0.05, 0) is 36.8 Å². The SMILES string of the molecule is CCOc1cccnc1Nc1cccc(CN)c1. The maximum Gasteiger partial charge on any atom is 0.173 e. The van der Waals surface area contributed by atoms with Gasteiger partial charge in [-0.1, -0.05) is 12.1 Å². The van der Waals surface area contributed by atoms with E-state index in [1.54, 1.807) is 6.20 Å². The van der Waals surface area contributed by atoms with Crippen molar-refractivity contribution in [1.29, 1.82) is 0 Å². The summed E-state index contributed by atoms with van der Waals surface area (Å²) in [5.41, 5.74) is 7.66. The third-order valence-corrected chi connectivity index (χ3v) is 2.50. The van der Waals surface area contributed by atoms with Crippen LogP contribution in [-0.4, -0.2) is 11.6 Å². The molecule has 1 heterocycles. The molecule has 0 spiro atoms. The minimum Gasteiger partial charge on any atom is -0.490 e. The van der Waals surface area contributed by atoms with Gasteiger partial charge in [0.15, 0.2) is 11.6 Å². The van der Waals surface area contributed by atoms with Crippen LogP contribution in [-0.2, 0) is 6.54 Å². The number of pyridine rings is 1. The fraction of sp³-hybridized carbons (Fsp3) is 0.214. The zero-order valence-electron chi connectivity index (χ0n) is 10.4. The highest BCUT2D eigenvalue weighted by Gasteiger charge is 2.04. The first-order valence-electron chi connectivity index (χ1n) is 5.97. The largest absolute Gasteiger partial charge is 0.490 e. The number of ether oxygens (including phenoxy) is 1. The van der Waals surface area contributed by atoms with Gasteiger partial charge in [-0.25, -0.2) is 4.98 Å². The van der Waals surface area contributed by atoms with Gasteiger partial charge in [0.1, 0.15) is 0 Å².